The summed E-state index contributed by atoms with van der Waals surface area (Å²) >= 11 is 0. The van der Waals surface area contributed by atoms with E-state index in [-0.39, 0.29) is 23.7 Å². The van der Waals surface area contributed by atoms with E-state index in [0.717, 1.165) is 6.42 Å². The van der Waals surface area contributed by atoms with Gasteiger partial charge in [-0.25, -0.2) is 0 Å². The molecule has 1 heterocycles. The van der Waals surface area contributed by atoms with Crippen molar-refractivity contribution in [3.63, 3.8) is 0 Å². The second-order valence-electron chi connectivity index (χ2n) is 5.37. The average molecular weight is 275 g/mol. The lowest BCUT2D eigenvalue weighted by atomic mass is 9.99. The molecule has 0 N–H and O–H groups in total. The highest BCUT2D eigenvalue weighted by Crippen LogP contribution is 2.25. The zero-order chi connectivity index (χ0) is 14.7. The van der Waals surface area contributed by atoms with Crippen molar-refractivity contribution in [1.82, 2.24) is 4.90 Å². The van der Waals surface area contributed by atoms with Crippen molar-refractivity contribution in [1.29, 1.82) is 0 Å². The van der Waals surface area contributed by atoms with Crippen LogP contribution in [0.25, 0.3) is 0 Å². The van der Waals surface area contributed by atoms with Crippen molar-refractivity contribution in [2.75, 3.05) is 20.2 Å². The number of likely N-dealkylation sites (tertiary alicyclic amines) is 1. The molecule has 1 aromatic carbocycles. The molecule has 0 bridgehead atoms. The summed E-state index contributed by atoms with van der Waals surface area (Å²) in [5, 5.41) is 0. The Hall–Kier alpha value is -1.84. The van der Waals surface area contributed by atoms with Gasteiger partial charge in [-0.1, -0.05) is 26.0 Å². The third kappa shape index (κ3) is 2.84. The number of hydrogen-bond acceptors (Lipinski definition) is 3. The molecule has 0 aliphatic carbocycles. The third-order valence-corrected chi connectivity index (χ3v) is 4.01. The lowest BCUT2D eigenvalue weighted by Crippen LogP contribution is -2.30. The minimum absolute atomic E-state index is 0.00842. The first kappa shape index (κ1) is 14.6. The van der Waals surface area contributed by atoms with Gasteiger partial charge in [0.2, 0.25) is 0 Å². The molecular weight excluding hydrogens is 254 g/mol. The van der Waals surface area contributed by atoms with Crippen molar-refractivity contribution in [3.05, 3.63) is 35.4 Å². The molecule has 2 atom stereocenters. The van der Waals surface area contributed by atoms with Crippen LogP contribution in [0.5, 0.6) is 0 Å². The molecule has 1 amide bonds. The normalized spacial score (nSPS) is 21.9. The fraction of sp³-hybridized carbons (Fsp3) is 0.500. The van der Waals surface area contributed by atoms with E-state index in [1.54, 1.807) is 4.90 Å². The van der Waals surface area contributed by atoms with E-state index >= 15 is 0 Å². The van der Waals surface area contributed by atoms with Gasteiger partial charge in [-0.15, -0.1) is 0 Å². The van der Waals surface area contributed by atoms with E-state index in [1.807, 2.05) is 31.2 Å². The van der Waals surface area contributed by atoms with Crippen LogP contribution in [0.15, 0.2) is 24.3 Å². The molecule has 0 aromatic heterocycles. The Kier molecular flexibility index (Phi) is 4.42. The molecule has 0 saturated carbocycles. The third-order valence-electron chi connectivity index (χ3n) is 4.01. The first-order valence-corrected chi connectivity index (χ1v) is 7.02. The predicted octanol–water partition coefficient (Wildman–Crippen LogP) is 2.13. The van der Waals surface area contributed by atoms with Gasteiger partial charge >= 0.3 is 5.97 Å². The van der Waals surface area contributed by atoms with Crippen LogP contribution in [-0.2, 0) is 16.0 Å². The number of esters is 1. The average Bonchev–Trinajstić information content (AvgIpc) is 2.87. The van der Waals surface area contributed by atoms with E-state index < -0.39 is 0 Å². The summed E-state index contributed by atoms with van der Waals surface area (Å²) in [6.45, 7) is 5.12. The number of methoxy groups -OCH3 is 1. The summed E-state index contributed by atoms with van der Waals surface area (Å²) in [5.74, 6) is -0.305. The van der Waals surface area contributed by atoms with Crippen LogP contribution in [0.2, 0.25) is 0 Å². The number of ether oxygens (including phenoxy) is 1. The smallest absolute Gasteiger partial charge is 0.310 e. The van der Waals surface area contributed by atoms with Gasteiger partial charge in [-0.05, 0) is 30.0 Å². The van der Waals surface area contributed by atoms with Crippen LogP contribution >= 0.6 is 0 Å². The number of carbonyl (C=O) groups is 2. The molecule has 2 unspecified atom stereocenters. The maximum Gasteiger partial charge on any atom is 0.310 e. The Morgan fingerprint density at radius 2 is 1.90 bits per heavy atom. The molecule has 0 spiro atoms. The molecule has 20 heavy (non-hydrogen) atoms. The monoisotopic (exact) mass is 275 g/mol. The number of hydrogen-bond donors (Lipinski definition) is 0. The van der Waals surface area contributed by atoms with E-state index in [0.29, 0.717) is 18.7 Å². The number of carbonyl (C=O) groups excluding carboxylic acids is 2. The number of amides is 1. The van der Waals surface area contributed by atoms with Crippen molar-refractivity contribution in [2.45, 2.75) is 20.3 Å². The first-order valence-electron chi connectivity index (χ1n) is 7.02. The number of rotatable bonds is 3. The van der Waals surface area contributed by atoms with Crippen LogP contribution in [0, 0.1) is 11.8 Å². The highest BCUT2D eigenvalue weighted by Gasteiger charge is 2.37. The second kappa shape index (κ2) is 6.07. The van der Waals surface area contributed by atoms with Crippen LogP contribution < -0.4 is 0 Å². The topological polar surface area (TPSA) is 46.6 Å². The summed E-state index contributed by atoms with van der Waals surface area (Å²) in [7, 11) is 1.39. The Bertz CT molecular complexity index is 495. The van der Waals surface area contributed by atoms with E-state index in [2.05, 4.69) is 6.92 Å². The van der Waals surface area contributed by atoms with E-state index in [4.69, 9.17) is 4.74 Å². The molecule has 2 rings (SSSR count). The largest absolute Gasteiger partial charge is 0.469 e. The maximum absolute atomic E-state index is 12.4. The van der Waals surface area contributed by atoms with E-state index in [9.17, 15) is 9.59 Å². The van der Waals surface area contributed by atoms with Crippen LogP contribution in [-0.4, -0.2) is 37.0 Å². The van der Waals surface area contributed by atoms with Gasteiger partial charge in [0.1, 0.15) is 0 Å². The molecule has 0 radical (unpaired) electrons. The first-order chi connectivity index (χ1) is 9.56. The number of aryl methyl sites for hydroxylation is 1. The Morgan fingerprint density at radius 3 is 2.45 bits per heavy atom. The number of benzene rings is 1. The Labute approximate surface area is 119 Å². The van der Waals surface area contributed by atoms with Crippen LogP contribution in [0.3, 0.4) is 0 Å². The summed E-state index contributed by atoms with van der Waals surface area (Å²) < 4.78 is 4.79. The van der Waals surface area contributed by atoms with Gasteiger partial charge in [0, 0.05) is 18.7 Å². The fourth-order valence-electron chi connectivity index (χ4n) is 2.66. The summed E-state index contributed by atoms with van der Waals surface area (Å²) in [6, 6.07) is 7.67. The highest BCUT2D eigenvalue weighted by atomic mass is 16.5. The second-order valence-corrected chi connectivity index (χ2v) is 5.37. The van der Waals surface area contributed by atoms with Crippen molar-refractivity contribution >= 4 is 11.9 Å². The van der Waals surface area contributed by atoms with Gasteiger partial charge in [0.25, 0.3) is 5.91 Å². The van der Waals surface area contributed by atoms with Crippen LogP contribution in [0.4, 0.5) is 0 Å². The molecule has 1 aliphatic rings. The molecular formula is C16H21NO3. The number of nitrogens with zero attached hydrogens (tertiary/aromatic N) is 1. The van der Waals surface area contributed by atoms with Crippen LogP contribution in [0.1, 0.15) is 29.8 Å². The molecule has 1 aliphatic heterocycles. The van der Waals surface area contributed by atoms with Gasteiger partial charge in [-0.2, -0.15) is 0 Å². The van der Waals surface area contributed by atoms with Gasteiger partial charge in [0.05, 0.1) is 13.0 Å². The molecule has 108 valence electrons. The summed E-state index contributed by atoms with van der Waals surface area (Å²) in [4.78, 5) is 25.8. The minimum atomic E-state index is -0.228. The lowest BCUT2D eigenvalue weighted by molar-refractivity contribution is -0.146. The molecule has 4 nitrogen and oxygen atoms in total. The van der Waals surface area contributed by atoms with Gasteiger partial charge in [-0.3, -0.25) is 9.59 Å². The zero-order valence-corrected chi connectivity index (χ0v) is 12.3. The molecule has 4 heteroatoms. The highest BCUT2D eigenvalue weighted by molar-refractivity contribution is 5.95. The Balaban J connectivity index is 2.08. The maximum atomic E-state index is 12.4. The zero-order valence-electron chi connectivity index (χ0n) is 12.3. The SMILES string of the molecule is CCc1ccc(C(=O)N2CC(C)C(C(=O)OC)C2)cc1. The predicted molar refractivity (Wildman–Crippen MR) is 76.4 cm³/mol. The summed E-state index contributed by atoms with van der Waals surface area (Å²) in [5.41, 5.74) is 1.89. The van der Waals surface area contributed by atoms with Crippen molar-refractivity contribution in [3.8, 4) is 0 Å². The fourth-order valence-corrected chi connectivity index (χ4v) is 2.66. The summed E-state index contributed by atoms with van der Waals surface area (Å²) in [6.07, 6.45) is 0.958. The quantitative estimate of drug-likeness (QED) is 0.794. The van der Waals surface area contributed by atoms with Gasteiger partial charge in [0.15, 0.2) is 0 Å². The van der Waals surface area contributed by atoms with Gasteiger partial charge < -0.3 is 9.64 Å². The molecule has 1 aromatic rings. The molecule has 1 saturated heterocycles. The van der Waals surface area contributed by atoms with Crippen molar-refractivity contribution < 1.29 is 14.3 Å². The molecule has 1 fully saturated rings. The minimum Gasteiger partial charge on any atom is -0.469 e. The van der Waals surface area contributed by atoms with Crippen molar-refractivity contribution in [2.24, 2.45) is 11.8 Å². The standard InChI is InChI=1S/C16H21NO3/c1-4-12-5-7-13(8-6-12)15(18)17-9-11(2)14(10-17)16(19)20-3/h5-8,11,14H,4,9-10H2,1-3H3. The van der Waals surface area contributed by atoms with E-state index in [1.165, 1.54) is 12.7 Å². The lowest BCUT2D eigenvalue weighted by Gasteiger charge is -2.16. The Morgan fingerprint density at radius 1 is 1.25 bits per heavy atom.